The number of thiocarbonyl (C=S) groups is 1. The predicted molar refractivity (Wildman–Crippen MR) is 65.1 cm³/mol. The average molecular weight is 268 g/mol. The van der Waals surface area contributed by atoms with Gasteiger partial charge in [0, 0.05) is 19.5 Å². The molecule has 0 aliphatic carbocycles. The number of halogens is 2. The first-order valence-electron chi connectivity index (χ1n) is 5.39. The molecule has 7 heteroatoms. The molecule has 4 nitrogen and oxygen atoms in total. The first-order chi connectivity index (χ1) is 7.97. The van der Waals surface area contributed by atoms with Gasteiger partial charge in [-0.15, -0.1) is 0 Å². The number of carbonyl (C=O) groups is 1. The SMILES string of the molecule is CCN(CCC(N)=S)C(=O)CCOCC(F)F. The molecule has 17 heavy (non-hydrogen) atoms. The van der Waals surface area contributed by atoms with Crippen molar-refractivity contribution in [2.75, 3.05) is 26.3 Å². The Labute approximate surface area is 105 Å². The lowest BCUT2D eigenvalue weighted by atomic mass is 10.3. The molecule has 0 rings (SSSR count). The van der Waals surface area contributed by atoms with E-state index in [-0.39, 0.29) is 18.9 Å². The van der Waals surface area contributed by atoms with E-state index < -0.39 is 13.0 Å². The fourth-order valence-electron chi connectivity index (χ4n) is 1.19. The van der Waals surface area contributed by atoms with Gasteiger partial charge >= 0.3 is 0 Å². The Kier molecular flexibility index (Phi) is 8.79. The van der Waals surface area contributed by atoms with E-state index in [2.05, 4.69) is 4.74 Å². The van der Waals surface area contributed by atoms with Gasteiger partial charge in [0.2, 0.25) is 5.91 Å². The minimum atomic E-state index is -2.50. The molecule has 100 valence electrons. The summed E-state index contributed by atoms with van der Waals surface area (Å²) >= 11 is 4.72. The molecule has 0 fully saturated rings. The minimum Gasteiger partial charge on any atom is -0.393 e. The summed E-state index contributed by atoms with van der Waals surface area (Å²) in [6, 6.07) is 0. The zero-order valence-corrected chi connectivity index (χ0v) is 10.6. The number of ether oxygens (including phenoxy) is 1. The van der Waals surface area contributed by atoms with Crippen LogP contribution in [-0.2, 0) is 9.53 Å². The molecule has 0 aliphatic heterocycles. The Balaban J connectivity index is 3.80. The largest absolute Gasteiger partial charge is 0.393 e. The van der Waals surface area contributed by atoms with Crippen LogP contribution < -0.4 is 5.73 Å². The Morgan fingerprint density at radius 2 is 2.12 bits per heavy atom. The van der Waals surface area contributed by atoms with Gasteiger partial charge in [-0.3, -0.25) is 4.79 Å². The maximum Gasteiger partial charge on any atom is 0.261 e. The number of rotatable bonds is 9. The lowest BCUT2D eigenvalue weighted by Gasteiger charge is -2.20. The van der Waals surface area contributed by atoms with Gasteiger partial charge in [-0.2, -0.15) is 0 Å². The predicted octanol–water partition coefficient (Wildman–Crippen LogP) is 1.18. The van der Waals surface area contributed by atoms with Crippen LogP contribution in [0.15, 0.2) is 0 Å². The highest BCUT2D eigenvalue weighted by molar-refractivity contribution is 7.80. The zero-order valence-electron chi connectivity index (χ0n) is 9.83. The molecule has 0 unspecified atom stereocenters. The maximum atomic E-state index is 11.7. The molecule has 0 aromatic rings. The van der Waals surface area contributed by atoms with Crippen LogP contribution in [-0.4, -0.2) is 48.5 Å². The molecule has 2 N–H and O–H groups in total. The van der Waals surface area contributed by atoms with E-state index in [0.717, 1.165) is 0 Å². The van der Waals surface area contributed by atoms with Crippen molar-refractivity contribution in [3.63, 3.8) is 0 Å². The van der Waals surface area contributed by atoms with Gasteiger partial charge in [0.1, 0.15) is 6.61 Å². The second-order valence-corrected chi connectivity index (χ2v) is 3.93. The normalized spacial score (nSPS) is 10.6. The number of hydrogen-bond donors (Lipinski definition) is 1. The van der Waals surface area contributed by atoms with E-state index >= 15 is 0 Å². The summed E-state index contributed by atoms with van der Waals surface area (Å²) in [5.74, 6) is -0.141. The minimum absolute atomic E-state index is 0.00669. The highest BCUT2D eigenvalue weighted by atomic mass is 32.1. The third-order valence-electron chi connectivity index (χ3n) is 2.07. The fourth-order valence-corrected chi connectivity index (χ4v) is 1.29. The van der Waals surface area contributed by atoms with Crippen molar-refractivity contribution in [2.45, 2.75) is 26.2 Å². The van der Waals surface area contributed by atoms with Crippen LogP contribution in [0.25, 0.3) is 0 Å². The topological polar surface area (TPSA) is 55.6 Å². The second-order valence-electron chi connectivity index (χ2n) is 3.41. The van der Waals surface area contributed by atoms with E-state index in [0.29, 0.717) is 24.5 Å². The van der Waals surface area contributed by atoms with Crippen molar-refractivity contribution in [3.05, 3.63) is 0 Å². The molecule has 0 radical (unpaired) electrons. The van der Waals surface area contributed by atoms with Crippen molar-refractivity contribution >= 4 is 23.1 Å². The Bertz CT molecular complexity index is 252. The van der Waals surface area contributed by atoms with Gasteiger partial charge in [-0.05, 0) is 6.92 Å². The number of nitrogens with zero attached hydrogens (tertiary/aromatic N) is 1. The molecule has 1 amide bonds. The van der Waals surface area contributed by atoms with E-state index in [1.54, 1.807) is 4.90 Å². The van der Waals surface area contributed by atoms with Crippen LogP contribution in [0.5, 0.6) is 0 Å². The van der Waals surface area contributed by atoms with Crippen LogP contribution in [0.1, 0.15) is 19.8 Å². The zero-order chi connectivity index (χ0) is 13.3. The standard InChI is InChI=1S/C10H18F2N2O2S/c1-2-14(5-3-9(13)17)10(15)4-6-16-7-8(11)12/h8H,2-7H2,1H3,(H2,13,17). The van der Waals surface area contributed by atoms with E-state index in [4.69, 9.17) is 18.0 Å². The van der Waals surface area contributed by atoms with Gasteiger partial charge in [-0.25, -0.2) is 8.78 Å². The smallest absolute Gasteiger partial charge is 0.261 e. The van der Waals surface area contributed by atoms with Crippen LogP contribution >= 0.6 is 12.2 Å². The van der Waals surface area contributed by atoms with Crippen molar-refractivity contribution in [3.8, 4) is 0 Å². The third-order valence-corrected chi connectivity index (χ3v) is 2.27. The van der Waals surface area contributed by atoms with Gasteiger partial charge in [0.05, 0.1) is 18.0 Å². The first-order valence-corrected chi connectivity index (χ1v) is 5.80. The van der Waals surface area contributed by atoms with Gasteiger partial charge < -0.3 is 15.4 Å². The first kappa shape index (κ1) is 16.2. The summed E-state index contributed by atoms with van der Waals surface area (Å²) in [5, 5.41) is 0. The molecule has 0 bridgehead atoms. The van der Waals surface area contributed by atoms with Crippen LogP contribution in [0.4, 0.5) is 8.78 Å². The quantitative estimate of drug-likeness (QED) is 0.504. The highest BCUT2D eigenvalue weighted by Crippen LogP contribution is 1.99. The van der Waals surface area contributed by atoms with Crippen molar-refractivity contribution < 1.29 is 18.3 Å². The van der Waals surface area contributed by atoms with Crippen LogP contribution in [0, 0.1) is 0 Å². The van der Waals surface area contributed by atoms with Crippen LogP contribution in [0.2, 0.25) is 0 Å². The molecule has 0 spiro atoms. The van der Waals surface area contributed by atoms with Crippen LogP contribution in [0.3, 0.4) is 0 Å². The summed E-state index contributed by atoms with van der Waals surface area (Å²) in [6.45, 7) is 2.20. The highest BCUT2D eigenvalue weighted by Gasteiger charge is 2.12. The lowest BCUT2D eigenvalue weighted by molar-refractivity contribution is -0.132. The third kappa shape index (κ3) is 8.93. The number of amides is 1. The monoisotopic (exact) mass is 268 g/mol. The number of nitrogens with two attached hydrogens (primary N) is 1. The summed E-state index contributed by atoms with van der Waals surface area (Å²) < 4.78 is 28.1. The summed E-state index contributed by atoms with van der Waals surface area (Å²) in [7, 11) is 0. The van der Waals surface area contributed by atoms with E-state index in [1.807, 2.05) is 6.92 Å². The summed E-state index contributed by atoms with van der Waals surface area (Å²) in [4.78, 5) is 13.5. The molecule has 0 atom stereocenters. The Morgan fingerprint density at radius 3 is 2.59 bits per heavy atom. The van der Waals surface area contributed by atoms with E-state index in [9.17, 15) is 13.6 Å². The lowest BCUT2D eigenvalue weighted by Crippen LogP contribution is -2.34. The molecule has 0 saturated heterocycles. The number of hydrogen-bond acceptors (Lipinski definition) is 3. The van der Waals surface area contributed by atoms with Crippen molar-refractivity contribution in [2.24, 2.45) is 5.73 Å². The van der Waals surface area contributed by atoms with Crippen molar-refractivity contribution in [1.82, 2.24) is 4.90 Å². The maximum absolute atomic E-state index is 11.7. The molecule has 0 saturated carbocycles. The Morgan fingerprint density at radius 1 is 1.47 bits per heavy atom. The second kappa shape index (κ2) is 9.23. The number of carbonyl (C=O) groups excluding carboxylic acids is 1. The number of alkyl halides is 2. The van der Waals surface area contributed by atoms with Gasteiger partial charge in [0.15, 0.2) is 0 Å². The molecule has 0 aromatic heterocycles. The van der Waals surface area contributed by atoms with Gasteiger partial charge in [0.25, 0.3) is 6.43 Å². The molecular formula is C10H18F2N2O2S. The van der Waals surface area contributed by atoms with E-state index in [1.165, 1.54) is 0 Å². The molecule has 0 aromatic carbocycles. The Hall–Kier alpha value is -0.820. The molecular weight excluding hydrogens is 250 g/mol. The van der Waals surface area contributed by atoms with Gasteiger partial charge in [-0.1, -0.05) is 12.2 Å². The fraction of sp³-hybridized carbons (Fsp3) is 0.800. The summed E-state index contributed by atoms with van der Waals surface area (Å²) in [5.41, 5.74) is 5.34. The molecule has 0 aliphatic rings. The average Bonchev–Trinajstić information content (AvgIpc) is 2.24. The molecule has 0 heterocycles. The van der Waals surface area contributed by atoms with Crippen molar-refractivity contribution in [1.29, 1.82) is 0 Å². The summed E-state index contributed by atoms with van der Waals surface area (Å²) in [6.07, 6.45) is -1.94.